The molecule has 3 rings (SSSR count). The molecule has 2 aromatic rings. The monoisotopic (exact) mass is 403 g/mol. The number of amides is 1. The number of hydrogen-bond donors (Lipinski definition) is 2. The number of aromatic amines is 1. The van der Waals surface area contributed by atoms with Crippen molar-refractivity contribution in [1.29, 1.82) is 0 Å². The van der Waals surface area contributed by atoms with Crippen molar-refractivity contribution in [2.24, 2.45) is 0 Å². The predicted octanol–water partition coefficient (Wildman–Crippen LogP) is 4.49. The average Bonchev–Trinajstić information content (AvgIpc) is 2.89. The highest BCUT2D eigenvalue weighted by Gasteiger charge is 2.31. The van der Waals surface area contributed by atoms with E-state index < -0.39 is 0 Å². The van der Waals surface area contributed by atoms with Crippen LogP contribution in [0.4, 0.5) is 5.82 Å². The number of carbonyl (C=O) groups excluding carboxylic acids is 1. The van der Waals surface area contributed by atoms with E-state index in [1.54, 1.807) is 0 Å². The first-order valence-corrected chi connectivity index (χ1v) is 11.1. The number of unbranched alkanes of at least 4 members (excludes halogenated alkanes) is 1. The van der Waals surface area contributed by atoms with Gasteiger partial charge in [0.2, 0.25) is 5.91 Å². The summed E-state index contributed by atoms with van der Waals surface area (Å²) < 4.78 is 7.56. The van der Waals surface area contributed by atoms with E-state index >= 15 is 0 Å². The molecule has 1 aromatic heterocycles. The second-order valence-corrected chi connectivity index (χ2v) is 8.31. The summed E-state index contributed by atoms with van der Waals surface area (Å²) in [5.74, 6) is 1.67. The van der Waals surface area contributed by atoms with E-state index in [-0.39, 0.29) is 22.8 Å². The molecule has 0 bridgehead atoms. The lowest BCUT2D eigenvalue weighted by atomic mass is 10.1. The molecular weight excluding hydrogens is 374 g/mol. The summed E-state index contributed by atoms with van der Waals surface area (Å²) in [6, 6.07) is 7.97. The maximum Gasteiger partial charge on any atom is 0.270 e. The van der Waals surface area contributed by atoms with Crippen LogP contribution in [0.5, 0.6) is 5.75 Å². The zero-order chi connectivity index (χ0) is 20.1. The zero-order valence-electron chi connectivity index (χ0n) is 16.8. The second kappa shape index (κ2) is 9.37. The Morgan fingerprint density at radius 3 is 2.64 bits per heavy atom. The number of anilines is 1. The summed E-state index contributed by atoms with van der Waals surface area (Å²) in [4.78, 5) is 25.1. The van der Waals surface area contributed by atoms with Gasteiger partial charge in [0.05, 0.1) is 23.2 Å². The van der Waals surface area contributed by atoms with Gasteiger partial charge in [0, 0.05) is 6.04 Å². The topological polar surface area (TPSA) is 76.1 Å². The molecule has 0 saturated carbocycles. The van der Waals surface area contributed by atoms with Gasteiger partial charge < -0.3 is 10.1 Å². The molecule has 0 unspecified atom stereocenters. The molecule has 0 fully saturated rings. The number of fused-ring (bicyclic) bond motifs is 1. The van der Waals surface area contributed by atoms with Gasteiger partial charge in [-0.3, -0.25) is 19.4 Å². The predicted molar refractivity (Wildman–Crippen MR) is 114 cm³/mol. The fraction of sp³-hybridized carbons (Fsp3) is 0.524. The lowest BCUT2D eigenvalue weighted by molar-refractivity contribution is -0.113. The molecule has 1 amide bonds. The van der Waals surface area contributed by atoms with Gasteiger partial charge in [-0.1, -0.05) is 38.8 Å². The van der Waals surface area contributed by atoms with Gasteiger partial charge in [-0.15, -0.1) is 11.8 Å². The molecule has 2 atom stereocenters. The molecule has 2 N–H and O–H groups in total. The number of nitrogens with zero attached hydrogens (tertiary/aromatic N) is 1. The third kappa shape index (κ3) is 4.46. The summed E-state index contributed by atoms with van der Waals surface area (Å²) in [6.07, 6.45) is 4.04. The van der Waals surface area contributed by atoms with Gasteiger partial charge in [0.25, 0.3) is 5.56 Å². The van der Waals surface area contributed by atoms with Gasteiger partial charge in [0.1, 0.15) is 11.6 Å². The Morgan fingerprint density at radius 1 is 1.21 bits per heavy atom. The van der Waals surface area contributed by atoms with Crippen LogP contribution in [-0.4, -0.2) is 28.0 Å². The Kier molecular flexibility index (Phi) is 6.88. The number of nitrogens with one attached hydrogen (secondary N) is 2. The lowest BCUT2D eigenvalue weighted by Crippen LogP contribution is -2.18. The van der Waals surface area contributed by atoms with Crippen molar-refractivity contribution in [3.63, 3.8) is 0 Å². The van der Waals surface area contributed by atoms with Crippen LogP contribution in [-0.2, 0) is 4.79 Å². The third-order valence-electron chi connectivity index (χ3n) is 4.96. The van der Waals surface area contributed by atoms with E-state index in [4.69, 9.17) is 4.74 Å². The highest BCUT2D eigenvalue weighted by Crippen LogP contribution is 2.40. The Bertz CT molecular complexity index is 857. The molecule has 6 nitrogen and oxygen atoms in total. The van der Waals surface area contributed by atoms with Crippen molar-refractivity contribution in [2.75, 3.05) is 17.7 Å². The second-order valence-electron chi connectivity index (χ2n) is 7.22. The summed E-state index contributed by atoms with van der Waals surface area (Å²) in [5, 5.41) is 5.69. The summed E-state index contributed by atoms with van der Waals surface area (Å²) >= 11 is 1.48. The first-order chi connectivity index (χ1) is 13.5. The van der Waals surface area contributed by atoms with E-state index in [0.717, 1.165) is 37.0 Å². The molecule has 1 aliphatic rings. The van der Waals surface area contributed by atoms with E-state index in [1.165, 1.54) is 11.8 Å². The summed E-state index contributed by atoms with van der Waals surface area (Å²) in [7, 11) is 0. The molecule has 152 valence electrons. The molecule has 28 heavy (non-hydrogen) atoms. The molecule has 0 saturated heterocycles. The maximum absolute atomic E-state index is 12.8. The van der Waals surface area contributed by atoms with Crippen molar-refractivity contribution in [3.8, 4) is 5.75 Å². The highest BCUT2D eigenvalue weighted by molar-refractivity contribution is 8.00. The Balaban J connectivity index is 1.93. The Labute approximate surface area is 170 Å². The van der Waals surface area contributed by atoms with Crippen molar-refractivity contribution in [3.05, 3.63) is 45.7 Å². The highest BCUT2D eigenvalue weighted by atomic mass is 32.2. The standard InChI is InChI=1S/C21H29N3O3S/c1-4-6-12-27-16-10-8-15(9-11-16)19-18-20(22-17(25)13-28-19)24(23-21(18)26)14(3)7-5-2/h8-11,14,19H,4-7,12-13H2,1-3H3,(H,22,25)(H,23,26)/t14-,19-/m0/s1. The Morgan fingerprint density at radius 2 is 1.96 bits per heavy atom. The fourth-order valence-electron chi connectivity index (χ4n) is 3.46. The Hall–Kier alpha value is -2.15. The van der Waals surface area contributed by atoms with E-state index in [9.17, 15) is 9.59 Å². The quantitative estimate of drug-likeness (QED) is 0.637. The smallest absolute Gasteiger partial charge is 0.270 e. The minimum atomic E-state index is -0.197. The summed E-state index contributed by atoms with van der Waals surface area (Å²) in [5.41, 5.74) is 1.48. The van der Waals surface area contributed by atoms with Gasteiger partial charge >= 0.3 is 0 Å². The largest absolute Gasteiger partial charge is 0.494 e. The first-order valence-electron chi connectivity index (χ1n) is 10.0. The van der Waals surface area contributed by atoms with E-state index in [2.05, 4.69) is 31.2 Å². The summed E-state index contributed by atoms with van der Waals surface area (Å²) in [6.45, 7) is 7.00. The molecule has 0 radical (unpaired) electrons. The molecular formula is C21H29N3O3S. The molecule has 0 spiro atoms. The normalized spacial score (nSPS) is 17.5. The minimum Gasteiger partial charge on any atom is -0.494 e. The van der Waals surface area contributed by atoms with E-state index in [1.807, 2.05) is 28.9 Å². The number of rotatable bonds is 8. The average molecular weight is 404 g/mol. The van der Waals surface area contributed by atoms with Crippen LogP contribution in [0, 0.1) is 0 Å². The molecule has 0 aliphatic carbocycles. The van der Waals surface area contributed by atoms with Crippen LogP contribution in [0.15, 0.2) is 29.1 Å². The number of hydrogen-bond acceptors (Lipinski definition) is 4. The zero-order valence-corrected chi connectivity index (χ0v) is 17.6. The van der Waals surface area contributed by atoms with Crippen molar-refractivity contribution < 1.29 is 9.53 Å². The lowest BCUT2D eigenvalue weighted by Gasteiger charge is -2.17. The minimum absolute atomic E-state index is 0.0790. The molecule has 7 heteroatoms. The van der Waals surface area contributed by atoms with Crippen molar-refractivity contribution in [2.45, 2.75) is 57.7 Å². The number of thioether (sulfide) groups is 1. The maximum atomic E-state index is 12.8. The van der Waals surface area contributed by atoms with Crippen LogP contribution in [0.25, 0.3) is 0 Å². The van der Waals surface area contributed by atoms with Gasteiger partial charge in [-0.25, -0.2) is 0 Å². The van der Waals surface area contributed by atoms with Crippen LogP contribution < -0.4 is 15.6 Å². The third-order valence-corrected chi connectivity index (χ3v) is 6.23. The van der Waals surface area contributed by atoms with Crippen LogP contribution in [0.1, 0.15) is 68.9 Å². The van der Waals surface area contributed by atoms with Gasteiger partial charge in [-0.2, -0.15) is 0 Å². The van der Waals surface area contributed by atoms with Crippen molar-refractivity contribution >= 4 is 23.5 Å². The van der Waals surface area contributed by atoms with Crippen LogP contribution in [0.2, 0.25) is 0 Å². The molecule has 1 aliphatic heterocycles. The molecule has 1 aromatic carbocycles. The number of ether oxygens (including phenoxy) is 1. The van der Waals surface area contributed by atoms with E-state index in [0.29, 0.717) is 23.7 Å². The number of carbonyl (C=O) groups is 1. The first kappa shape index (κ1) is 20.6. The van der Waals surface area contributed by atoms with Gasteiger partial charge in [-0.05, 0) is 37.5 Å². The van der Waals surface area contributed by atoms with Crippen LogP contribution in [0.3, 0.4) is 0 Å². The van der Waals surface area contributed by atoms with Crippen molar-refractivity contribution in [1.82, 2.24) is 9.78 Å². The van der Waals surface area contributed by atoms with Gasteiger partial charge in [0.15, 0.2) is 0 Å². The fourth-order valence-corrected chi connectivity index (χ4v) is 4.58. The van der Waals surface area contributed by atoms with Crippen LogP contribution >= 0.6 is 11.8 Å². The number of benzene rings is 1. The number of H-pyrrole nitrogens is 1. The molecule has 2 heterocycles. The number of aromatic nitrogens is 2. The SMILES string of the molecule is CCCCOc1ccc([C@@H]2SCC(=O)Nc3c2c(=O)[nH]n3[C@@H](C)CCC)cc1.